The van der Waals surface area contributed by atoms with Crippen LogP contribution in [0.25, 0.3) is 11.5 Å². The van der Waals surface area contributed by atoms with Crippen molar-refractivity contribution in [3.63, 3.8) is 0 Å². The van der Waals surface area contributed by atoms with Gasteiger partial charge in [0.2, 0.25) is 5.89 Å². The lowest BCUT2D eigenvalue weighted by atomic mass is 10.1. The molecule has 0 bridgehead atoms. The summed E-state index contributed by atoms with van der Waals surface area (Å²) >= 11 is 0. The summed E-state index contributed by atoms with van der Waals surface area (Å²) in [6.45, 7) is 4.72. The van der Waals surface area contributed by atoms with Crippen LogP contribution in [0.2, 0.25) is 0 Å². The molecule has 0 aliphatic rings. The zero-order valence-electron chi connectivity index (χ0n) is 18.5. The molecule has 0 aliphatic carbocycles. The number of nitrogens with zero attached hydrogens (tertiary/aromatic N) is 4. The molecule has 0 amide bonds. The summed E-state index contributed by atoms with van der Waals surface area (Å²) in [4.78, 5) is 9.25. The Labute approximate surface area is 192 Å². The minimum absolute atomic E-state index is 0.283. The first kappa shape index (κ1) is 22.3. The van der Waals surface area contributed by atoms with Crippen LogP contribution >= 0.6 is 0 Å². The molecule has 8 heteroatoms. The van der Waals surface area contributed by atoms with E-state index in [1.807, 2.05) is 36.0 Å². The lowest BCUT2D eigenvalue weighted by Crippen LogP contribution is -2.38. The Morgan fingerprint density at radius 2 is 1.88 bits per heavy atom. The number of guanidine groups is 1. The number of nitrogens with one attached hydrogen (secondary N) is 2. The fourth-order valence-corrected chi connectivity index (χ4v) is 3.40. The van der Waals surface area contributed by atoms with Crippen LogP contribution in [0.5, 0.6) is 0 Å². The van der Waals surface area contributed by atoms with Gasteiger partial charge >= 0.3 is 0 Å². The Balaban J connectivity index is 1.34. The maximum absolute atomic E-state index is 13.1. The topological polar surface area (TPSA) is 80.3 Å². The first-order chi connectivity index (χ1) is 16.2. The molecule has 4 rings (SSSR count). The molecule has 4 aromatic rings. The average molecular weight is 447 g/mol. The summed E-state index contributed by atoms with van der Waals surface area (Å²) in [5.41, 5.74) is 3.92. The number of rotatable bonds is 9. The van der Waals surface area contributed by atoms with E-state index < -0.39 is 0 Å². The van der Waals surface area contributed by atoms with Crippen molar-refractivity contribution in [3.05, 3.63) is 95.9 Å². The number of aromatic nitrogens is 3. The number of aliphatic imine (C=N–C) groups is 1. The average Bonchev–Trinajstić information content (AvgIpc) is 3.51. The molecule has 2 heterocycles. The maximum atomic E-state index is 13.1. The van der Waals surface area contributed by atoms with Crippen molar-refractivity contribution >= 4 is 5.96 Å². The van der Waals surface area contributed by atoms with Crippen LogP contribution in [0.3, 0.4) is 0 Å². The quantitative estimate of drug-likeness (QED) is 0.300. The highest BCUT2D eigenvalue weighted by molar-refractivity contribution is 5.79. The van der Waals surface area contributed by atoms with Gasteiger partial charge in [-0.1, -0.05) is 24.3 Å². The molecule has 2 aromatic carbocycles. The van der Waals surface area contributed by atoms with E-state index in [1.54, 1.807) is 24.6 Å². The Kier molecular flexibility index (Phi) is 7.48. The lowest BCUT2D eigenvalue weighted by Gasteiger charge is -2.12. The summed E-state index contributed by atoms with van der Waals surface area (Å²) < 4.78 is 20.6. The number of halogens is 1. The second-order valence-corrected chi connectivity index (χ2v) is 7.50. The Hall–Kier alpha value is -3.94. The first-order valence-corrected chi connectivity index (χ1v) is 11.0. The van der Waals surface area contributed by atoms with Crippen LogP contribution in [0.4, 0.5) is 4.39 Å². The Morgan fingerprint density at radius 1 is 1.06 bits per heavy atom. The largest absolute Gasteiger partial charge is 0.444 e. The number of oxazole rings is 1. The van der Waals surface area contributed by atoms with Crippen molar-refractivity contribution in [2.24, 2.45) is 4.99 Å². The summed E-state index contributed by atoms with van der Waals surface area (Å²) in [6.07, 6.45) is 6.05. The molecule has 0 aliphatic heterocycles. The van der Waals surface area contributed by atoms with Crippen LogP contribution in [0.1, 0.15) is 23.7 Å². The van der Waals surface area contributed by atoms with Gasteiger partial charge in [0, 0.05) is 37.5 Å². The van der Waals surface area contributed by atoms with Gasteiger partial charge in [-0.05, 0) is 48.4 Å². The van der Waals surface area contributed by atoms with Gasteiger partial charge in [-0.25, -0.2) is 14.4 Å². The smallest absolute Gasteiger partial charge is 0.226 e. The Morgan fingerprint density at radius 3 is 2.64 bits per heavy atom. The Bertz CT molecular complexity index is 1170. The van der Waals surface area contributed by atoms with Crippen LogP contribution < -0.4 is 10.6 Å². The van der Waals surface area contributed by atoms with Crippen LogP contribution in [0, 0.1) is 5.82 Å². The van der Waals surface area contributed by atoms with Crippen molar-refractivity contribution in [2.45, 2.75) is 26.4 Å². The molecule has 7 nitrogen and oxygen atoms in total. The molecular formula is C25H27FN6O. The highest BCUT2D eigenvalue weighted by Gasteiger charge is 2.08. The summed E-state index contributed by atoms with van der Waals surface area (Å²) in [6, 6.07) is 16.3. The maximum Gasteiger partial charge on any atom is 0.226 e. The third-order valence-electron chi connectivity index (χ3n) is 5.08. The molecule has 2 aromatic heterocycles. The molecule has 0 fully saturated rings. The predicted molar refractivity (Wildman–Crippen MR) is 126 cm³/mol. The molecule has 0 saturated heterocycles. The fourth-order valence-electron chi connectivity index (χ4n) is 3.40. The highest BCUT2D eigenvalue weighted by Crippen LogP contribution is 2.19. The first-order valence-electron chi connectivity index (χ1n) is 11.0. The molecule has 0 saturated carbocycles. The van der Waals surface area contributed by atoms with Gasteiger partial charge in [-0.15, -0.1) is 0 Å². The number of benzene rings is 2. The molecule has 2 N–H and O–H groups in total. The summed E-state index contributed by atoms with van der Waals surface area (Å²) in [5.74, 6) is 0.946. The van der Waals surface area contributed by atoms with Crippen LogP contribution in [-0.2, 0) is 19.5 Å². The molecule has 0 unspecified atom stereocenters. The van der Waals surface area contributed by atoms with E-state index in [4.69, 9.17) is 9.41 Å². The van der Waals surface area contributed by atoms with Gasteiger partial charge in [0.05, 0.1) is 18.8 Å². The van der Waals surface area contributed by atoms with E-state index in [9.17, 15) is 4.39 Å². The molecule has 0 spiro atoms. The lowest BCUT2D eigenvalue weighted by molar-refractivity contribution is 0.571. The van der Waals surface area contributed by atoms with Gasteiger partial charge in [-0.3, -0.25) is 4.68 Å². The van der Waals surface area contributed by atoms with Crippen molar-refractivity contribution in [3.8, 4) is 11.5 Å². The molecule has 33 heavy (non-hydrogen) atoms. The number of hydrogen-bond acceptors (Lipinski definition) is 4. The van der Waals surface area contributed by atoms with Gasteiger partial charge in [-0.2, -0.15) is 5.10 Å². The van der Waals surface area contributed by atoms with E-state index in [-0.39, 0.29) is 5.82 Å². The minimum atomic E-state index is -0.283. The zero-order chi connectivity index (χ0) is 22.9. The van der Waals surface area contributed by atoms with Gasteiger partial charge in [0.15, 0.2) is 5.96 Å². The van der Waals surface area contributed by atoms with E-state index in [0.717, 1.165) is 29.3 Å². The van der Waals surface area contributed by atoms with Gasteiger partial charge in [0.1, 0.15) is 12.1 Å². The van der Waals surface area contributed by atoms with E-state index in [1.165, 1.54) is 17.7 Å². The highest BCUT2D eigenvalue weighted by atomic mass is 19.1. The predicted octanol–water partition coefficient (Wildman–Crippen LogP) is 4.02. The molecule has 0 radical (unpaired) electrons. The summed E-state index contributed by atoms with van der Waals surface area (Å²) in [7, 11) is 0. The van der Waals surface area contributed by atoms with Gasteiger partial charge < -0.3 is 15.1 Å². The second kappa shape index (κ2) is 11.1. The molecular weight excluding hydrogens is 419 g/mol. The van der Waals surface area contributed by atoms with E-state index >= 15 is 0 Å². The van der Waals surface area contributed by atoms with Crippen LogP contribution in [-0.4, -0.2) is 33.8 Å². The van der Waals surface area contributed by atoms with Crippen molar-refractivity contribution in [1.29, 1.82) is 0 Å². The van der Waals surface area contributed by atoms with Crippen LogP contribution in [0.15, 0.2) is 82.7 Å². The fraction of sp³-hybridized carbons (Fsp3) is 0.240. The molecule has 170 valence electrons. The minimum Gasteiger partial charge on any atom is -0.444 e. The standard InChI is InChI=1S/C25H27FN6O/c1-2-27-25(29-16-20-6-3-4-7-21(20)17-32-15-5-13-30-32)28-14-12-23-18-33-24(31-23)19-8-10-22(26)11-9-19/h3-11,13,15,18H,2,12,14,16-17H2,1H3,(H2,27,28,29). The van der Waals surface area contributed by atoms with E-state index in [0.29, 0.717) is 31.9 Å². The monoisotopic (exact) mass is 446 g/mol. The zero-order valence-corrected chi connectivity index (χ0v) is 18.5. The second-order valence-electron chi connectivity index (χ2n) is 7.50. The number of hydrogen-bond donors (Lipinski definition) is 2. The molecule has 0 atom stereocenters. The normalized spacial score (nSPS) is 11.5. The third-order valence-corrected chi connectivity index (χ3v) is 5.08. The van der Waals surface area contributed by atoms with E-state index in [2.05, 4.69) is 32.8 Å². The van der Waals surface area contributed by atoms with Crippen molar-refractivity contribution in [1.82, 2.24) is 25.4 Å². The van der Waals surface area contributed by atoms with Gasteiger partial charge in [0.25, 0.3) is 0 Å². The van der Waals surface area contributed by atoms with Crippen molar-refractivity contribution < 1.29 is 8.81 Å². The van der Waals surface area contributed by atoms with Crippen molar-refractivity contribution in [2.75, 3.05) is 13.1 Å². The third kappa shape index (κ3) is 6.29. The SMILES string of the molecule is CCNC(=NCc1ccccc1Cn1cccn1)NCCc1coc(-c2ccc(F)cc2)n1. The summed E-state index contributed by atoms with van der Waals surface area (Å²) in [5, 5.41) is 10.9.